The van der Waals surface area contributed by atoms with E-state index in [0.29, 0.717) is 23.6 Å². The summed E-state index contributed by atoms with van der Waals surface area (Å²) >= 11 is 1.63. The Labute approximate surface area is 165 Å². The fraction of sp³-hybridized carbons (Fsp3) is 0.143. The van der Waals surface area contributed by atoms with Gasteiger partial charge in [-0.2, -0.15) is 0 Å². The number of hydrogen-bond donors (Lipinski definition) is 1. The molecule has 1 aromatic heterocycles. The van der Waals surface area contributed by atoms with E-state index < -0.39 is 5.97 Å². The molecule has 3 rings (SSSR count). The second-order valence-electron chi connectivity index (χ2n) is 5.84. The van der Waals surface area contributed by atoms with Gasteiger partial charge >= 0.3 is 5.97 Å². The lowest BCUT2D eigenvalue weighted by Crippen LogP contribution is -2.30. The first-order chi connectivity index (χ1) is 13.6. The van der Waals surface area contributed by atoms with E-state index in [2.05, 4.69) is 5.32 Å². The van der Waals surface area contributed by atoms with E-state index in [1.807, 2.05) is 17.5 Å². The van der Waals surface area contributed by atoms with Crippen LogP contribution in [0.4, 0.5) is 4.39 Å². The molecule has 3 aromatic rings. The van der Waals surface area contributed by atoms with Crippen molar-refractivity contribution >= 4 is 23.2 Å². The first kappa shape index (κ1) is 19.6. The van der Waals surface area contributed by atoms with Gasteiger partial charge in [-0.3, -0.25) is 4.79 Å². The molecule has 0 saturated carbocycles. The van der Waals surface area contributed by atoms with Gasteiger partial charge in [0.1, 0.15) is 17.3 Å². The fourth-order valence-corrected chi connectivity index (χ4v) is 3.05. The van der Waals surface area contributed by atoms with Crippen LogP contribution in [0.5, 0.6) is 11.5 Å². The van der Waals surface area contributed by atoms with Gasteiger partial charge < -0.3 is 14.8 Å². The number of hydrogen-bond acceptors (Lipinski definition) is 5. The summed E-state index contributed by atoms with van der Waals surface area (Å²) in [6.07, 6.45) is 0.743. The van der Waals surface area contributed by atoms with Gasteiger partial charge in [-0.25, -0.2) is 9.18 Å². The average Bonchev–Trinajstić information content (AvgIpc) is 3.22. The van der Waals surface area contributed by atoms with Crippen molar-refractivity contribution in [2.75, 3.05) is 13.2 Å². The minimum atomic E-state index is -0.596. The average molecular weight is 399 g/mol. The molecule has 1 amide bonds. The normalized spacial score (nSPS) is 10.3. The van der Waals surface area contributed by atoms with Gasteiger partial charge in [0, 0.05) is 11.4 Å². The van der Waals surface area contributed by atoms with Gasteiger partial charge in [-0.1, -0.05) is 6.07 Å². The number of rotatable bonds is 8. The second kappa shape index (κ2) is 9.66. The number of esters is 1. The van der Waals surface area contributed by atoms with Crippen molar-refractivity contribution in [3.63, 3.8) is 0 Å². The topological polar surface area (TPSA) is 64.6 Å². The molecule has 0 aliphatic rings. The molecule has 0 bridgehead atoms. The highest BCUT2D eigenvalue weighted by Gasteiger charge is 2.10. The molecule has 0 radical (unpaired) electrons. The quantitative estimate of drug-likeness (QED) is 0.577. The van der Waals surface area contributed by atoms with E-state index in [1.165, 1.54) is 41.3 Å². The molecule has 144 valence electrons. The Morgan fingerprint density at radius 1 is 0.964 bits per heavy atom. The van der Waals surface area contributed by atoms with Gasteiger partial charge in [0.25, 0.3) is 5.91 Å². The molecule has 5 nitrogen and oxygen atoms in total. The van der Waals surface area contributed by atoms with Gasteiger partial charge in [0.15, 0.2) is 6.61 Å². The summed E-state index contributed by atoms with van der Waals surface area (Å²) in [4.78, 5) is 25.0. The van der Waals surface area contributed by atoms with E-state index >= 15 is 0 Å². The summed E-state index contributed by atoms with van der Waals surface area (Å²) in [5.74, 6) is -0.311. The number of amides is 1. The van der Waals surface area contributed by atoms with Crippen LogP contribution in [0.3, 0.4) is 0 Å². The van der Waals surface area contributed by atoms with E-state index in [-0.39, 0.29) is 18.3 Å². The van der Waals surface area contributed by atoms with E-state index in [1.54, 1.807) is 23.5 Å². The van der Waals surface area contributed by atoms with E-state index in [4.69, 9.17) is 9.47 Å². The summed E-state index contributed by atoms with van der Waals surface area (Å²) in [6.45, 7) is 0.156. The van der Waals surface area contributed by atoms with Crippen LogP contribution in [0.25, 0.3) is 0 Å². The summed E-state index contributed by atoms with van der Waals surface area (Å²) in [5.41, 5.74) is 0.304. The minimum Gasteiger partial charge on any atom is -0.457 e. The largest absolute Gasteiger partial charge is 0.457 e. The maximum Gasteiger partial charge on any atom is 0.338 e. The highest BCUT2D eigenvalue weighted by molar-refractivity contribution is 7.09. The maximum absolute atomic E-state index is 12.9. The molecule has 2 aromatic carbocycles. The SMILES string of the molecule is O=C(COC(=O)c1ccc(Oc2ccc(F)cc2)cc1)NCCc1cccs1. The second-order valence-corrected chi connectivity index (χ2v) is 6.87. The molecule has 28 heavy (non-hydrogen) atoms. The number of nitrogens with one attached hydrogen (secondary N) is 1. The van der Waals surface area contributed by atoms with Crippen molar-refractivity contribution < 1.29 is 23.5 Å². The third kappa shape index (κ3) is 5.92. The van der Waals surface area contributed by atoms with Crippen LogP contribution >= 0.6 is 11.3 Å². The molecule has 0 aliphatic carbocycles. The van der Waals surface area contributed by atoms with Crippen molar-refractivity contribution in [2.45, 2.75) is 6.42 Å². The number of ether oxygens (including phenoxy) is 2. The summed E-state index contributed by atoms with van der Waals surface area (Å²) in [6, 6.07) is 15.8. The number of benzene rings is 2. The van der Waals surface area contributed by atoms with E-state index in [0.717, 1.165) is 6.42 Å². The zero-order valence-corrected chi connectivity index (χ0v) is 15.7. The number of halogens is 1. The van der Waals surface area contributed by atoms with Crippen molar-refractivity contribution in [1.29, 1.82) is 0 Å². The molecular formula is C21H18FNO4S. The molecule has 0 spiro atoms. The molecule has 1 N–H and O–H groups in total. The Bertz CT molecular complexity index is 909. The first-order valence-corrected chi connectivity index (χ1v) is 9.48. The van der Waals surface area contributed by atoms with E-state index in [9.17, 15) is 14.0 Å². The van der Waals surface area contributed by atoms with Gasteiger partial charge in [-0.15, -0.1) is 11.3 Å². The predicted octanol–water partition coefficient (Wildman–Crippen LogP) is 4.20. The summed E-state index contributed by atoms with van der Waals surface area (Å²) < 4.78 is 23.5. The maximum atomic E-state index is 12.9. The molecule has 0 atom stereocenters. The zero-order chi connectivity index (χ0) is 19.8. The van der Waals surface area contributed by atoms with Gasteiger partial charge in [0.2, 0.25) is 0 Å². The molecular weight excluding hydrogens is 381 g/mol. The minimum absolute atomic E-state index is 0.304. The van der Waals surface area contributed by atoms with Crippen molar-refractivity contribution in [2.24, 2.45) is 0 Å². The fourth-order valence-electron chi connectivity index (χ4n) is 2.34. The number of carbonyl (C=O) groups is 2. The summed E-state index contributed by atoms with van der Waals surface area (Å²) in [5, 5.41) is 4.69. The van der Waals surface area contributed by atoms with Gasteiger partial charge in [0.05, 0.1) is 5.56 Å². The number of thiophene rings is 1. The Hall–Kier alpha value is -3.19. The highest BCUT2D eigenvalue weighted by Crippen LogP contribution is 2.22. The van der Waals surface area contributed by atoms with Crippen LogP contribution in [0.2, 0.25) is 0 Å². The Balaban J connectivity index is 1.42. The van der Waals surface area contributed by atoms with Gasteiger partial charge in [-0.05, 0) is 66.4 Å². The van der Waals surface area contributed by atoms with Crippen molar-refractivity contribution in [3.05, 3.63) is 82.3 Å². The first-order valence-electron chi connectivity index (χ1n) is 8.60. The van der Waals surface area contributed by atoms with Crippen molar-refractivity contribution in [3.8, 4) is 11.5 Å². The third-order valence-corrected chi connectivity index (χ3v) is 4.68. The Morgan fingerprint density at radius 2 is 1.64 bits per heavy atom. The zero-order valence-electron chi connectivity index (χ0n) is 14.9. The number of carbonyl (C=O) groups excluding carboxylic acids is 2. The lowest BCUT2D eigenvalue weighted by Gasteiger charge is -2.08. The third-order valence-electron chi connectivity index (χ3n) is 3.75. The summed E-state index contributed by atoms with van der Waals surface area (Å²) in [7, 11) is 0. The molecule has 0 aliphatic heterocycles. The Kier molecular flexibility index (Phi) is 6.75. The smallest absolute Gasteiger partial charge is 0.338 e. The van der Waals surface area contributed by atoms with Crippen LogP contribution < -0.4 is 10.1 Å². The highest BCUT2D eigenvalue weighted by atomic mass is 32.1. The van der Waals surface area contributed by atoms with Crippen LogP contribution in [0, 0.1) is 5.82 Å². The Morgan fingerprint density at radius 3 is 2.29 bits per heavy atom. The molecule has 1 heterocycles. The van der Waals surface area contributed by atoms with Crippen LogP contribution in [-0.2, 0) is 16.0 Å². The predicted molar refractivity (Wildman–Crippen MR) is 104 cm³/mol. The lowest BCUT2D eigenvalue weighted by molar-refractivity contribution is -0.124. The molecule has 0 fully saturated rings. The van der Waals surface area contributed by atoms with Crippen LogP contribution in [-0.4, -0.2) is 25.0 Å². The molecule has 0 saturated heterocycles. The lowest BCUT2D eigenvalue weighted by atomic mass is 10.2. The van der Waals surface area contributed by atoms with Crippen LogP contribution in [0.15, 0.2) is 66.0 Å². The monoisotopic (exact) mass is 399 g/mol. The van der Waals surface area contributed by atoms with Crippen LogP contribution in [0.1, 0.15) is 15.2 Å². The molecule has 7 heteroatoms. The van der Waals surface area contributed by atoms with Crippen molar-refractivity contribution in [1.82, 2.24) is 5.32 Å². The standard InChI is InChI=1S/C21H18FNO4S/c22-16-5-9-18(10-6-16)27-17-7-3-15(4-8-17)21(25)26-14-20(24)23-12-11-19-2-1-13-28-19/h1-10,13H,11-12,14H2,(H,23,24). The molecule has 0 unspecified atom stereocenters.